The summed E-state index contributed by atoms with van der Waals surface area (Å²) in [5.41, 5.74) is 5.63. The molecule has 4 rings (SSSR count). The zero-order chi connectivity index (χ0) is 18.3. The fraction of sp³-hybridized carbons (Fsp3) is 0.421. The first-order valence-electron chi connectivity index (χ1n) is 8.83. The van der Waals surface area contributed by atoms with Gasteiger partial charge in [-0.05, 0) is 43.0 Å². The average molecular weight is 371 g/mol. The summed E-state index contributed by atoms with van der Waals surface area (Å²) in [6, 6.07) is 5.14. The van der Waals surface area contributed by atoms with Crippen molar-refractivity contribution in [1.29, 1.82) is 0 Å². The summed E-state index contributed by atoms with van der Waals surface area (Å²) in [4.78, 5) is 31.3. The average Bonchev–Trinajstić information content (AvgIpc) is 3.33. The molecule has 2 aliphatic rings. The quantitative estimate of drug-likeness (QED) is 0.897. The van der Waals surface area contributed by atoms with Crippen molar-refractivity contribution in [2.75, 3.05) is 13.1 Å². The summed E-state index contributed by atoms with van der Waals surface area (Å²) in [6.45, 7) is 3.53. The molecular weight excluding hydrogens is 350 g/mol. The van der Waals surface area contributed by atoms with Gasteiger partial charge in [-0.25, -0.2) is 4.98 Å². The number of fused-ring (bicyclic) bond motifs is 1. The molecule has 1 aromatic heterocycles. The van der Waals surface area contributed by atoms with Crippen LogP contribution in [0.4, 0.5) is 0 Å². The Hall–Kier alpha value is -2.41. The van der Waals surface area contributed by atoms with E-state index in [1.807, 2.05) is 17.2 Å². The predicted molar refractivity (Wildman–Crippen MR) is 98.1 cm³/mol. The van der Waals surface area contributed by atoms with Crippen molar-refractivity contribution in [3.63, 3.8) is 0 Å². The number of likely N-dealkylation sites (tertiary alicyclic amines) is 1. The highest BCUT2D eigenvalue weighted by Gasteiger charge is 2.54. The second kappa shape index (κ2) is 6.39. The van der Waals surface area contributed by atoms with Crippen molar-refractivity contribution in [2.45, 2.75) is 31.8 Å². The van der Waals surface area contributed by atoms with Gasteiger partial charge >= 0.3 is 0 Å². The van der Waals surface area contributed by atoms with Gasteiger partial charge in [-0.2, -0.15) is 0 Å². The highest BCUT2D eigenvalue weighted by Crippen LogP contribution is 2.45. The summed E-state index contributed by atoms with van der Waals surface area (Å²) in [7, 11) is 0. The lowest BCUT2D eigenvalue weighted by Crippen LogP contribution is -2.55. The number of carbonyl (C=O) groups excluding carboxylic acids is 2. The van der Waals surface area contributed by atoms with Crippen molar-refractivity contribution in [2.24, 2.45) is 11.7 Å². The van der Waals surface area contributed by atoms with E-state index in [4.69, 9.17) is 10.5 Å². The van der Waals surface area contributed by atoms with Crippen LogP contribution >= 0.6 is 11.3 Å². The first-order valence-corrected chi connectivity index (χ1v) is 9.71. The van der Waals surface area contributed by atoms with E-state index >= 15 is 0 Å². The first-order chi connectivity index (χ1) is 12.5. The lowest BCUT2D eigenvalue weighted by Gasteiger charge is -2.42. The third kappa shape index (κ3) is 2.58. The number of amides is 2. The summed E-state index contributed by atoms with van der Waals surface area (Å²) in [5.74, 6) is 0.0284. The normalized spacial score (nSPS) is 24.8. The maximum atomic E-state index is 13.5. The third-order valence-electron chi connectivity index (χ3n) is 5.30. The Bertz CT molecular complexity index is 846. The van der Waals surface area contributed by atoms with E-state index in [2.05, 4.69) is 4.98 Å². The summed E-state index contributed by atoms with van der Waals surface area (Å²) < 4.78 is 6.39. The molecule has 0 radical (unpaired) electrons. The maximum absolute atomic E-state index is 13.5. The molecule has 0 spiro atoms. The van der Waals surface area contributed by atoms with Gasteiger partial charge in [0, 0.05) is 36.1 Å². The minimum Gasteiger partial charge on any atom is -0.470 e. The molecule has 2 atom stereocenters. The molecule has 0 bridgehead atoms. The van der Waals surface area contributed by atoms with Gasteiger partial charge in [-0.15, -0.1) is 11.3 Å². The van der Waals surface area contributed by atoms with Crippen LogP contribution in [0.25, 0.3) is 0 Å². The minimum absolute atomic E-state index is 0.0120. The Balaban J connectivity index is 1.79. The fourth-order valence-electron chi connectivity index (χ4n) is 3.90. The lowest BCUT2D eigenvalue weighted by molar-refractivity contribution is -0.155. The van der Waals surface area contributed by atoms with Crippen molar-refractivity contribution in [3.8, 4) is 5.75 Å². The number of ether oxygens (including phenoxy) is 1. The number of carbonyl (C=O) groups is 2. The topological polar surface area (TPSA) is 85.5 Å². The second-order valence-corrected chi connectivity index (χ2v) is 7.86. The van der Waals surface area contributed by atoms with E-state index in [1.165, 1.54) is 11.3 Å². The molecule has 0 saturated carbocycles. The molecule has 2 unspecified atom stereocenters. The number of aromatic nitrogens is 1. The molecule has 2 aromatic rings. The number of nitrogens with zero attached hydrogens (tertiary/aromatic N) is 2. The molecule has 26 heavy (non-hydrogen) atoms. The molecule has 2 aliphatic heterocycles. The van der Waals surface area contributed by atoms with Gasteiger partial charge in [0.15, 0.2) is 0 Å². The maximum Gasteiger partial charge on any atom is 0.274 e. The van der Waals surface area contributed by atoms with Crippen LogP contribution in [0.2, 0.25) is 0 Å². The van der Waals surface area contributed by atoms with Gasteiger partial charge in [-0.1, -0.05) is 6.92 Å². The van der Waals surface area contributed by atoms with Crippen LogP contribution in [-0.4, -0.2) is 34.8 Å². The van der Waals surface area contributed by atoms with Crippen LogP contribution in [0.15, 0.2) is 29.8 Å². The molecule has 1 aromatic carbocycles. The van der Waals surface area contributed by atoms with Crippen LogP contribution in [0, 0.1) is 5.92 Å². The monoisotopic (exact) mass is 371 g/mol. The molecule has 1 saturated heterocycles. The van der Waals surface area contributed by atoms with E-state index < -0.39 is 11.5 Å². The number of nitrogens with two attached hydrogens (primary N) is 1. The zero-order valence-corrected chi connectivity index (χ0v) is 15.4. The summed E-state index contributed by atoms with van der Waals surface area (Å²) in [6.07, 6.45) is 4.37. The van der Waals surface area contributed by atoms with Crippen LogP contribution in [0.3, 0.4) is 0 Å². The summed E-state index contributed by atoms with van der Waals surface area (Å²) in [5, 5.41) is 2.56. The van der Waals surface area contributed by atoms with Crippen molar-refractivity contribution >= 4 is 23.2 Å². The van der Waals surface area contributed by atoms with Gasteiger partial charge in [0.2, 0.25) is 11.5 Å². The Morgan fingerprint density at radius 3 is 2.77 bits per heavy atom. The van der Waals surface area contributed by atoms with E-state index in [0.29, 0.717) is 22.7 Å². The Morgan fingerprint density at radius 2 is 2.12 bits per heavy atom. The molecule has 1 fully saturated rings. The molecule has 3 heterocycles. The largest absolute Gasteiger partial charge is 0.470 e. The van der Waals surface area contributed by atoms with E-state index in [0.717, 1.165) is 31.5 Å². The SMILES string of the molecule is CC1Cc2cc(C(N)=O)ccc2OC1(C(=O)N1CCCC1)c1nccs1. The van der Waals surface area contributed by atoms with Crippen molar-refractivity contribution < 1.29 is 14.3 Å². The lowest BCUT2D eigenvalue weighted by atomic mass is 9.80. The number of hydrogen-bond acceptors (Lipinski definition) is 5. The molecule has 2 amide bonds. The first kappa shape index (κ1) is 17.0. The predicted octanol–water partition coefficient (Wildman–Crippen LogP) is 2.33. The smallest absolute Gasteiger partial charge is 0.274 e. The molecule has 6 nitrogen and oxygen atoms in total. The van der Waals surface area contributed by atoms with Gasteiger partial charge in [0.05, 0.1) is 0 Å². The number of hydrogen-bond donors (Lipinski definition) is 1. The molecule has 136 valence electrons. The molecule has 2 N–H and O–H groups in total. The Labute approximate surface area is 156 Å². The van der Waals surface area contributed by atoms with Crippen LogP contribution in [0.1, 0.15) is 40.7 Å². The molecule has 7 heteroatoms. The fourth-order valence-corrected chi connectivity index (χ4v) is 4.78. The third-order valence-corrected chi connectivity index (χ3v) is 6.19. The molecule has 0 aliphatic carbocycles. The number of primary amides is 1. The van der Waals surface area contributed by atoms with E-state index in [1.54, 1.807) is 24.4 Å². The number of rotatable bonds is 3. The Kier molecular flexibility index (Phi) is 4.19. The second-order valence-electron chi connectivity index (χ2n) is 6.97. The van der Waals surface area contributed by atoms with E-state index in [-0.39, 0.29) is 11.8 Å². The van der Waals surface area contributed by atoms with Gasteiger partial charge in [0.25, 0.3) is 5.91 Å². The highest BCUT2D eigenvalue weighted by molar-refractivity contribution is 7.09. The standard InChI is InChI=1S/C19H21N3O3S/c1-12-10-14-11-13(16(20)23)4-5-15(14)25-19(12,17-21-6-9-26-17)18(24)22-7-2-3-8-22/h4-6,9,11-12H,2-3,7-8,10H2,1H3,(H2,20,23). The number of thiazole rings is 1. The highest BCUT2D eigenvalue weighted by atomic mass is 32.1. The minimum atomic E-state index is -1.11. The van der Waals surface area contributed by atoms with Crippen LogP contribution in [0.5, 0.6) is 5.75 Å². The van der Waals surface area contributed by atoms with Gasteiger partial charge in [0.1, 0.15) is 10.8 Å². The number of benzene rings is 1. The van der Waals surface area contributed by atoms with Crippen LogP contribution in [-0.2, 0) is 16.8 Å². The van der Waals surface area contributed by atoms with Crippen molar-refractivity contribution in [1.82, 2.24) is 9.88 Å². The van der Waals surface area contributed by atoms with Gasteiger partial charge < -0.3 is 15.4 Å². The summed E-state index contributed by atoms with van der Waals surface area (Å²) >= 11 is 1.44. The van der Waals surface area contributed by atoms with Crippen LogP contribution < -0.4 is 10.5 Å². The van der Waals surface area contributed by atoms with Gasteiger partial charge in [-0.3, -0.25) is 9.59 Å². The van der Waals surface area contributed by atoms with E-state index in [9.17, 15) is 9.59 Å². The van der Waals surface area contributed by atoms with Crippen molar-refractivity contribution in [3.05, 3.63) is 45.9 Å². The zero-order valence-electron chi connectivity index (χ0n) is 14.6. The Morgan fingerprint density at radius 1 is 1.35 bits per heavy atom. The molecular formula is C19H21N3O3S.